The molecular weight excluding hydrogens is 224 g/mol. The number of thiazole rings is 1. The summed E-state index contributed by atoms with van der Waals surface area (Å²) in [5, 5.41) is 13.2. The van der Waals surface area contributed by atoms with Crippen LogP contribution in [0.1, 0.15) is 0 Å². The number of carboxylic acid groups (broad SMARTS) is 1. The maximum absolute atomic E-state index is 11.1. The van der Waals surface area contributed by atoms with Gasteiger partial charge in [0, 0.05) is 11.6 Å². The zero-order valence-corrected chi connectivity index (χ0v) is 8.73. The molecule has 0 atom stereocenters. The van der Waals surface area contributed by atoms with Crippen molar-refractivity contribution < 1.29 is 14.7 Å². The van der Waals surface area contributed by atoms with Crippen LogP contribution in [-0.2, 0) is 9.59 Å². The number of rotatable bonds is 5. The third-order valence-electron chi connectivity index (χ3n) is 1.14. The Kier molecular flexibility index (Phi) is 4.41. The van der Waals surface area contributed by atoms with Crippen molar-refractivity contribution in [2.45, 2.75) is 0 Å². The van der Waals surface area contributed by atoms with E-state index in [4.69, 9.17) is 5.11 Å². The van der Waals surface area contributed by atoms with Crippen LogP contribution in [-0.4, -0.2) is 33.5 Å². The number of aromatic nitrogens is 1. The first-order valence-electron chi connectivity index (χ1n) is 3.67. The van der Waals surface area contributed by atoms with Crippen molar-refractivity contribution in [3.8, 4) is 0 Å². The van der Waals surface area contributed by atoms with E-state index in [2.05, 4.69) is 10.3 Å². The van der Waals surface area contributed by atoms with Gasteiger partial charge in [0.05, 0.1) is 11.5 Å². The highest BCUT2D eigenvalue weighted by atomic mass is 32.2. The molecule has 0 radical (unpaired) electrons. The van der Waals surface area contributed by atoms with E-state index in [-0.39, 0.29) is 17.4 Å². The molecule has 0 aliphatic heterocycles. The lowest BCUT2D eigenvalue weighted by atomic mass is 10.7. The summed E-state index contributed by atoms with van der Waals surface area (Å²) in [4.78, 5) is 25.1. The second-order valence-corrected chi connectivity index (χ2v) is 4.15. The summed E-state index contributed by atoms with van der Waals surface area (Å²) in [5.41, 5.74) is 0. The van der Waals surface area contributed by atoms with Crippen molar-refractivity contribution in [1.29, 1.82) is 0 Å². The van der Waals surface area contributed by atoms with E-state index in [0.29, 0.717) is 5.13 Å². The number of carbonyl (C=O) groups excluding carboxylic acids is 1. The normalized spacial score (nSPS) is 9.71. The Morgan fingerprint density at radius 1 is 1.57 bits per heavy atom. The van der Waals surface area contributed by atoms with Crippen LogP contribution in [0, 0.1) is 0 Å². The molecule has 14 heavy (non-hydrogen) atoms. The van der Waals surface area contributed by atoms with Gasteiger partial charge in [-0.3, -0.25) is 9.59 Å². The molecule has 0 bridgehead atoms. The number of hydrogen-bond donors (Lipinski definition) is 2. The average molecular weight is 232 g/mol. The molecule has 1 rings (SSSR count). The quantitative estimate of drug-likeness (QED) is 0.788. The molecule has 0 unspecified atom stereocenters. The summed E-state index contributed by atoms with van der Waals surface area (Å²) >= 11 is 2.38. The summed E-state index contributed by atoms with van der Waals surface area (Å²) in [6, 6.07) is 0. The molecule has 5 nitrogen and oxygen atoms in total. The molecule has 0 spiro atoms. The molecule has 1 aromatic rings. The predicted octanol–water partition coefficient (Wildman–Crippen LogP) is 0.899. The number of anilines is 1. The monoisotopic (exact) mass is 232 g/mol. The first-order chi connectivity index (χ1) is 6.68. The molecule has 0 aliphatic carbocycles. The number of aliphatic carboxylic acids is 1. The van der Waals surface area contributed by atoms with Gasteiger partial charge >= 0.3 is 5.97 Å². The van der Waals surface area contributed by atoms with Gasteiger partial charge in [0.25, 0.3) is 0 Å². The third-order valence-corrected chi connectivity index (χ3v) is 2.74. The van der Waals surface area contributed by atoms with E-state index in [1.54, 1.807) is 11.6 Å². The van der Waals surface area contributed by atoms with Gasteiger partial charge in [-0.15, -0.1) is 23.1 Å². The molecule has 7 heteroatoms. The number of nitrogens with zero attached hydrogens (tertiary/aromatic N) is 1. The number of carboxylic acids is 1. The maximum atomic E-state index is 11.1. The van der Waals surface area contributed by atoms with Crippen molar-refractivity contribution in [2.24, 2.45) is 0 Å². The van der Waals surface area contributed by atoms with Gasteiger partial charge in [-0.2, -0.15) is 0 Å². The highest BCUT2D eigenvalue weighted by molar-refractivity contribution is 8.00. The molecule has 0 saturated carbocycles. The zero-order valence-electron chi connectivity index (χ0n) is 7.10. The summed E-state index contributed by atoms with van der Waals surface area (Å²) in [5.74, 6) is -1.08. The molecule has 0 aliphatic rings. The Bertz CT molecular complexity index is 313. The van der Waals surface area contributed by atoms with Crippen molar-refractivity contribution in [1.82, 2.24) is 4.98 Å². The molecule has 1 aromatic heterocycles. The smallest absolute Gasteiger partial charge is 0.313 e. The Morgan fingerprint density at radius 3 is 2.93 bits per heavy atom. The SMILES string of the molecule is O=C(O)CSCC(=O)Nc1nccs1. The molecule has 2 N–H and O–H groups in total. The highest BCUT2D eigenvalue weighted by Crippen LogP contribution is 2.10. The number of amides is 1. The van der Waals surface area contributed by atoms with Gasteiger partial charge in [-0.1, -0.05) is 0 Å². The second kappa shape index (κ2) is 5.61. The first kappa shape index (κ1) is 11.0. The fourth-order valence-electron chi connectivity index (χ4n) is 0.672. The molecule has 0 aromatic carbocycles. The van der Waals surface area contributed by atoms with Gasteiger partial charge in [-0.25, -0.2) is 4.98 Å². The fraction of sp³-hybridized carbons (Fsp3) is 0.286. The van der Waals surface area contributed by atoms with Crippen molar-refractivity contribution in [2.75, 3.05) is 16.8 Å². The number of hydrogen-bond acceptors (Lipinski definition) is 5. The number of thioether (sulfide) groups is 1. The molecule has 0 fully saturated rings. The molecule has 1 amide bonds. The molecule has 76 valence electrons. The zero-order chi connectivity index (χ0) is 10.4. The Morgan fingerprint density at radius 2 is 2.36 bits per heavy atom. The molecular formula is C7H8N2O3S2. The lowest BCUT2D eigenvalue weighted by molar-refractivity contribution is -0.133. The van der Waals surface area contributed by atoms with Crippen LogP contribution in [0.15, 0.2) is 11.6 Å². The van der Waals surface area contributed by atoms with E-state index >= 15 is 0 Å². The van der Waals surface area contributed by atoms with E-state index in [1.165, 1.54) is 11.3 Å². The van der Waals surface area contributed by atoms with Crippen LogP contribution in [0.2, 0.25) is 0 Å². The minimum absolute atomic E-state index is 0.0642. The Balaban J connectivity index is 2.20. The fourth-order valence-corrected chi connectivity index (χ4v) is 1.75. The minimum atomic E-state index is -0.919. The summed E-state index contributed by atoms with van der Waals surface area (Å²) in [6.45, 7) is 0. The third kappa shape index (κ3) is 4.24. The standard InChI is InChI=1S/C7H8N2O3S2/c10-5(3-13-4-6(11)12)9-7-8-1-2-14-7/h1-2H,3-4H2,(H,11,12)(H,8,9,10). The van der Waals surface area contributed by atoms with Crippen LogP contribution >= 0.6 is 23.1 Å². The summed E-state index contributed by atoms with van der Waals surface area (Å²) < 4.78 is 0. The van der Waals surface area contributed by atoms with Crippen LogP contribution in [0.3, 0.4) is 0 Å². The number of carbonyl (C=O) groups is 2. The predicted molar refractivity (Wildman–Crippen MR) is 55.7 cm³/mol. The van der Waals surface area contributed by atoms with Crippen molar-refractivity contribution in [3.05, 3.63) is 11.6 Å². The Hall–Kier alpha value is -1.08. The molecule has 1 heterocycles. The van der Waals surface area contributed by atoms with Gasteiger partial charge < -0.3 is 10.4 Å². The van der Waals surface area contributed by atoms with E-state index in [9.17, 15) is 9.59 Å². The summed E-state index contributed by atoms with van der Waals surface area (Å²) in [7, 11) is 0. The van der Waals surface area contributed by atoms with E-state index < -0.39 is 5.97 Å². The van der Waals surface area contributed by atoms with E-state index in [0.717, 1.165) is 11.8 Å². The van der Waals surface area contributed by atoms with Gasteiger partial charge in [-0.05, 0) is 0 Å². The first-order valence-corrected chi connectivity index (χ1v) is 5.71. The van der Waals surface area contributed by atoms with Crippen LogP contribution in [0.4, 0.5) is 5.13 Å². The second-order valence-electron chi connectivity index (χ2n) is 2.27. The Labute approximate surface area is 88.5 Å². The lowest BCUT2D eigenvalue weighted by Crippen LogP contribution is -2.15. The number of nitrogens with one attached hydrogen (secondary N) is 1. The van der Waals surface area contributed by atoms with E-state index in [1.807, 2.05) is 0 Å². The maximum Gasteiger partial charge on any atom is 0.313 e. The topological polar surface area (TPSA) is 79.3 Å². The lowest BCUT2D eigenvalue weighted by Gasteiger charge is -1.99. The minimum Gasteiger partial charge on any atom is -0.481 e. The average Bonchev–Trinajstić information content (AvgIpc) is 2.56. The highest BCUT2D eigenvalue weighted by Gasteiger charge is 2.05. The van der Waals surface area contributed by atoms with Crippen molar-refractivity contribution in [3.63, 3.8) is 0 Å². The summed E-state index contributed by atoms with van der Waals surface area (Å²) in [6.07, 6.45) is 1.59. The van der Waals surface area contributed by atoms with Crippen molar-refractivity contribution >= 4 is 40.1 Å². The van der Waals surface area contributed by atoms with Crippen LogP contribution < -0.4 is 5.32 Å². The molecule has 0 saturated heterocycles. The van der Waals surface area contributed by atoms with Crippen LogP contribution in [0.25, 0.3) is 0 Å². The largest absolute Gasteiger partial charge is 0.481 e. The van der Waals surface area contributed by atoms with Gasteiger partial charge in [0.15, 0.2) is 5.13 Å². The van der Waals surface area contributed by atoms with Gasteiger partial charge in [0.2, 0.25) is 5.91 Å². The van der Waals surface area contributed by atoms with Gasteiger partial charge in [0.1, 0.15) is 0 Å². The van der Waals surface area contributed by atoms with Crippen LogP contribution in [0.5, 0.6) is 0 Å².